The SMILES string of the molecule is CCN(CC)C(=O)CCNc1ccc2scnc2c1N. The lowest BCUT2D eigenvalue weighted by atomic mass is 10.2. The van der Waals surface area contributed by atoms with Gasteiger partial charge in [-0.15, -0.1) is 11.3 Å². The van der Waals surface area contributed by atoms with E-state index < -0.39 is 0 Å². The summed E-state index contributed by atoms with van der Waals surface area (Å²) >= 11 is 1.57. The fraction of sp³-hybridized carbons (Fsp3) is 0.429. The highest BCUT2D eigenvalue weighted by molar-refractivity contribution is 7.16. The first-order valence-corrected chi connectivity index (χ1v) is 7.68. The molecule has 0 saturated heterocycles. The van der Waals surface area contributed by atoms with E-state index in [4.69, 9.17) is 5.73 Å². The van der Waals surface area contributed by atoms with Gasteiger partial charge in [0.2, 0.25) is 5.91 Å². The Hall–Kier alpha value is -1.82. The average Bonchev–Trinajstić information content (AvgIpc) is 2.92. The summed E-state index contributed by atoms with van der Waals surface area (Å²) in [5, 5.41) is 3.22. The highest BCUT2D eigenvalue weighted by atomic mass is 32.1. The molecule has 5 nitrogen and oxygen atoms in total. The number of nitrogens with two attached hydrogens (primary N) is 1. The Balaban J connectivity index is 1.96. The Kier molecular flexibility index (Phi) is 4.79. The summed E-state index contributed by atoms with van der Waals surface area (Å²) in [7, 11) is 0. The number of thiazole rings is 1. The number of rotatable bonds is 6. The van der Waals surface area contributed by atoms with Crippen LogP contribution in [0.5, 0.6) is 0 Å². The molecule has 0 atom stereocenters. The molecule has 0 bridgehead atoms. The topological polar surface area (TPSA) is 71.2 Å². The molecule has 0 fully saturated rings. The highest BCUT2D eigenvalue weighted by Crippen LogP contribution is 2.29. The molecule has 0 radical (unpaired) electrons. The Morgan fingerprint density at radius 1 is 1.40 bits per heavy atom. The van der Waals surface area contributed by atoms with Crippen LogP contribution in [-0.4, -0.2) is 35.4 Å². The molecule has 2 aromatic rings. The lowest BCUT2D eigenvalue weighted by Gasteiger charge is -2.19. The largest absolute Gasteiger partial charge is 0.395 e. The third-order valence-corrected chi connectivity index (χ3v) is 4.11. The van der Waals surface area contributed by atoms with Crippen LogP contribution in [0.4, 0.5) is 11.4 Å². The quantitative estimate of drug-likeness (QED) is 0.803. The van der Waals surface area contributed by atoms with Gasteiger partial charge >= 0.3 is 0 Å². The smallest absolute Gasteiger partial charge is 0.224 e. The van der Waals surface area contributed by atoms with Crippen LogP contribution in [0, 0.1) is 0 Å². The van der Waals surface area contributed by atoms with Gasteiger partial charge in [0, 0.05) is 26.1 Å². The molecule has 0 saturated carbocycles. The Labute approximate surface area is 122 Å². The van der Waals surface area contributed by atoms with Gasteiger partial charge in [0.15, 0.2) is 0 Å². The van der Waals surface area contributed by atoms with Crippen LogP contribution in [0.1, 0.15) is 20.3 Å². The van der Waals surface area contributed by atoms with Crippen molar-refractivity contribution in [1.29, 1.82) is 0 Å². The van der Waals surface area contributed by atoms with Crippen LogP contribution in [0.15, 0.2) is 17.6 Å². The van der Waals surface area contributed by atoms with Gasteiger partial charge < -0.3 is 16.0 Å². The first kappa shape index (κ1) is 14.6. The fourth-order valence-corrected chi connectivity index (χ4v) is 2.84. The van der Waals surface area contributed by atoms with Crippen molar-refractivity contribution < 1.29 is 4.79 Å². The van der Waals surface area contributed by atoms with Crippen LogP contribution in [0.3, 0.4) is 0 Å². The van der Waals surface area contributed by atoms with E-state index in [2.05, 4.69) is 10.3 Å². The third-order valence-electron chi connectivity index (χ3n) is 3.31. The van der Waals surface area contributed by atoms with Gasteiger partial charge in [-0.25, -0.2) is 4.98 Å². The van der Waals surface area contributed by atoms with Gasteiger partial charge in [0.05, 0.1) is 21.6 Å². The molecule has 0 unspecified atom stereocenters. The van der Waals surface area contributed by atoms with E-state index in [0.29, 0.717) is 18.7 Å². The predicted octanol–water partition coefficient (Wildman–Crippen LogP) is 2.55. The Morgan fingerprint density at radius 2 is 2.15 bits per heavy atom. The molecule has 6 heteroatoms. The summed E-state index contributed by atoms with van der Waals surface area (Å²) in [5.74, 6) is 0.163. The Bertz CT molecular complexity index is 592. The minimum Gasteiger partial charge on any atom is -0.395 e. The summed E-state index contributed by atoms with van der Waals surface area (Å²) in [6.07, 6.45) is 0.468. The van der Waals surface area contributed by atoms with Crippen molar-refractivity contribution in [1.82, 2.24) is 9.88 Å². The van der Waals surface area contributed by atoms with E-state index in [1.807, 2.05) is 30.9 Å². The molecule has 2 rings (SSSR count). The normalized spacial score (nSPS) is 10.7. The van der Waals surface area contributed by atoms with E-state index in [9.17, 15) is 4.79 Å². The standard InChI is InChI=1S/C14H20N4OS/c1-3-18(4-2)12(19)7-8-16-10-5-6-11-14(13(10)15)17-9-20-11/h5-6,9,16H,3-4,7-8,15H2,1-2H3. The first-order valence-electron chi connectivity index (χ1n) is 6.80. The maximum absolute atomic E-state index is 11.9. The van der Waals surface area contributed by atoms with Crippen molar-refractivity contribution in [3.8, 4) is 0 Å². The predicted molar refractivity (Wildman–Crippen MR) is 85.1 cm³/mol. The molecule has 1 heterocycles. The second kappa shape index (κ2) is 6.56. The van der Waals surface area contributed by atoms with E-state index in [1.54, 1.807) is 16.8 Å². The number of amides is 1. The number of carbonyl (C=O) groups is 1. The van der Waals surface area contributed by atoms with Crippen molar-refractivity contribution in [3.05, 3.63) is 17.6 Å². The van der Waals surface area contributed by atoms with E-state index in [1.165, 1.54) is 0 Å². The summed E-state index contributed by atoms with van der Waals surface area (Å²) in [6.45, 7) is 6.06. The molecule has 3 N–H and O–H groups in total. The molecule has 0 spiro atoms. The van der Waals surface area contributed by atoms with Crippen LogP contribution >= 0.6 is 11.3 Å². The molecular formula is C14H20N4OS. The molecule has 1 aromatic heterocycles. The van der Waals surface area contributed by atoms with Gasteiger partial charge in [-0.2, -0.15) is 0 Å². The fourth-order valence-electron chi connectivity index (χ4n) is 2.14. The zero-order valence-electron chi connectivity index (χ0n) is 11.8. The van der Waals surface area contributed by atoms with E-state index >= 15 is 0 Å². The second-order valence-electron chi connectivity index (χ2n) is 4.47. The maximum atomic E-state index is 11.9. The van der Waals surface area contributed by atoms with Crippen LogP contribution in [-0.2, 0) is 4.79 Å². The number of hydrogen-bond acceptors (Lipinski definition) is 5. The van der Waals surface area contributed by atoms with Crippen molar-refractivity contribution in [2.45, 2.75) is 20.3 Å². The zero-order valence-corrected chi connectivity index (χ0v) is 12.7. The second-order valence-corrected chi connectivity index (χ2v) is 5.36. The van der Waals surface area contributed by atoms with E-state index in [0.717, 1.165) is 29.0 Å². The first-order chi connectivity index (χ1) is 9.67. The molecule has 0 aliphatic heterocycles. The number of aromatic nitrogens is 1. The zero-order chi connectivity index (χ0) is 14.5. The number of fused-ring (bicyclic) bond motifs is 1. The summed E-state index contributed by atoms with van der Waals surface area (Å²) in [5.41, 5.74) is 10.2. The average molecular weight is 292 g/mol. The van der Waals surface area contributed by atoms with Gasteiger partial charge in [0.1, 0.15) is 5.52 Å². The monoisotopic (exact) mass is 292 g/mol. The molecule has 108 valence electrons. The van der Waals surface area contributed by atoms with Gasteiger partial charge in [0.25, 0.3) is 0 Å². The molecular weight excluding hydrogens is 272 g/mol. The number of nitrogens with zero attached hydrogens (tertiary/aromatic N) is 2. The number of nitrogen functional groups attached to an aromatic ring is 1. The molecule has 0 aliphatic rings. The lowest BCUT2D eigenvalue weighted by molar-refractivity contribution is -0.130. The number of hydrogen-bond donors (Lipinski definition) is 2. The minimum absolute atomic E-state index is 0.163. The van der Waals surface area contributed by atoms with Crippen molar-refractivity contribution >= 4 is 38.8 Å². The van der Waals surface area contributed by atoms with Crippen molar-refractivity contribution in [2.75, 3.05) is 30.7 Å². The van der Waals surface area contributed by atoms with Crippen molar-refractivity contribution in [2.24, 2.45) is 0 Å². The third kappa shape index (κ3) is 3.01. The molecule has 0 aliphatic carbocycles. The summed E-state index contributed by atoms with van der Waals surface area (Å²) < 4.78 is 1.08. The van der Waals surface area contributed by atoms with Crippen LogP contribution in [0.2, 0.25) is 0 Å². The molecule has 1 amide bonds. The number of benzene rings is 1. The number of carbonyl (C=O) groups excluding carboxylic acids is 1. The molecule has 20 heavy (non-hydrogen) atoms. The lowest BCUT2D eigenvalue weighted by Crippen LogP contribution is -2.31. The van der Waals surface area contributed by atoms with E-state index in [-0.39, 0.29) is 5.91 Å². The van der Waals surface area contributed by atoms with Gasteiger partial charge in [-0.1, -0.05) is 0 Å². The van der Waals surface area contributed by atoms with Crippen LogP contribution < -0.4 is 11.1 Å². The minimum atomic E-state index is 0.163. The number of nitrogens with one attached hydrogen (secondary N) is 1. The summed E-state index contributed by atoms with van der Waals surface area (Å²) in [6, 6.07) is 3.94. The Morgan fingerprint density at radius 3 is 2.85 bits per heavy atom. The van der Waals surface area contributed by atoms with Crippen molar-refractivity contribution in [3.63, 3.8) is 0 Å². The van der Waals surface area contributed by atoms with Gasteiger partial charge in [-0.05, 0) is 26.0 Å². The molecule has 1 aromatic carbocycles. The maximum Gasteiger partial charge on any atom is 0.224 e. The van der Waals surface area contributed by atoms with Gasteiger partial charge in [-0.3, -0.25) is 4.79 Å². The summed E-state index contributed by atoms with van der Waals surface area (Å²) in [4.78, 5) is 18.0. The number of anilines is 2. The highest BCUT2D eigenvalue weighted by Gasteiger charge is 2.10. The van der Waals surface area contributed by atoms with Crippen LogP contribution in [0.25, 0.3) is 10.2 Å².